The quantitative estimate of drug-likeness (QED) is 0.694. The summed E-state index contributed by atoms with van der Waals surface area (Å²) in [4.78, 5) is 15.2. The van der Waals surface area contributed by atoms with E-state index in [1.54, 1.807) is 6.33 Å². The van der Waals surface area contributed by atoms with Gasteiger partial charge in [0.2, 0.25) is 0 Å². The second-order valence-electron chi connectivity index (χ2n) is 5.63. The number of hydrogen-bond donors (Lipinski definition) is 0. The van der Waals surface area contributed by atoms with E-state index in [0.29, 0.717) is 12.3 Å². The van der Waals surface area contributed by atoms with Gasteiger partial charge in [-0.1, -0.05) is 30.3 Å². The van der Waals surface area contributed by atoms with Crippen molar-refractivity contribution in [3.8, 4) is 11.4 Å². The Bertz CT molecular complexity index is 853. The number of aldehydes is 1. The topological polar surface area (TPSA) is 44.1 Å². The molecular weight excluding hydrogens is 288 g/mol. The highest BCUT2D eigenvalue weighted by Crippen LogP contribution is 2.29. The summed E-state index contributed by atoms with van der Waals surface area (Å²) in [6, 6.07) is 16.2. The standard InChI is InChI=1S/C19H16N2O2/c22-11-17-19-8-6-15-10-16(7-9-18(15)21(19)13-20-17)23-12-14-4-2-1-3-5-14/h1-5,7,9-11,13H,6,8,12H2. The molecule has 4 nitrogen and oxygen atoms in total. The zero-order valence-corrected chi connectivity index (χ0v) is 12.6. The molecule has 0 fully saturated rings. The van der Waals surface area contributed by atoms with E-state index in [4.69, 9.17) is 4.74 Å². The van der Waals surface area contributed by atoms with Crippen LogP contribution in [0.3, 0.4) is 0 Å². The maximum atomic E-state index is 11.0. The molecule has 0 atom stereocenters. The number of aryl methyl sites for hydroxylation is 1. The minimum absolute atomic E-state index is 0.542. The van der Waals surface area contributed by atoms with Gasteiger partial charge in [-0.2, -0.15) is 0 Å². The van der Waals surface area contributed by atoms with Crippen LogP contribution in [0, 0.1) is 0 Å². The minimum atomic E-state index is 0.542. The normalized spacial score (nSPS) is 12.3. The van der Waals surface area contributed by atoms with E-state index in [-0.39, 0.29) is 0 Å². The van der Waals surface area contributed by atoms with Gasteiger partial charge in [0.25, 0.3) is 0 Å². The lowest BCUT2D eigenvalue weighted by molar-refractivity contribution is 0.111. The Labute approximate surface area is 134 Å². The molecule has 1 aromatic heterocycles. The highest BCUT2D eigenvalue weighted by atomic mass is 16.5. The van der Waals surface area contributed by atoms with Crippen LogP contribution in [0.1, 0.15) is 27.3 Å². The zero-order valence-electron chi connectivity index (χ0n) is 12.6. The van der Waals surface area contributed by atoms with Crippen molar-refractivity contribution in [1.29, 1.82) is 0 Å². The predicted octanol–water partition coefficient (Wildman–Crippen LogP) is 3.36. The van der Waals surface area contributed by atoms with Crippen LogP contribution < -0.4 is 4.74 Å². The van der Waals surface area contributed by atoms with Crippen LogP contribution in [-0.4, -0.2) is 15.8 Å². The lowest BCUT2D eigenvalue weighted by atomic mass is 10.0. The van der Waals surface area contributed by atoms with Crippen molar-refractivity contribution < 1.29 is 9.53 Å². The van der Waals surface area contributed by atoms with Crippen LogP contribution in [0.25, 0.3) is 5.69 Å². The molecule has 0 amide bonds. The van der Waals surface area contributed by atoms with E-state index < -0.39 is 0 Å². The SMILES string of the molecule is O=Cc1ncn2c1CCc1cc(OCc3ccccc3)ccc1-2. The number of nitrogens with zero attached hydrogens (tertiary/aromatic N) is 2. The Morgan fingerprint density at radius 3 is 2.83 bits per heavy atom. The number of aromatic nitrogens is 2. The van der Waals surface area contributed by atoms with Gasteiger partial charge in [-0.3, -0.25) is 4.79 Å². The van der Waals surface area contributed by atoms with Gasteiger partial charge in [0.15, 0.2) is 6.29 Å². The van der Waals surface area contributed by atoms with Crippen LogP contribution in [0.5, 0.6) is 5.75 Å². The Morgan fingerprint density at radius 1 is 1.13 bits per heavy atom. The van der Waals surface area contributed by atoms with Crippen molar-refractivity contribution >= 4 is 6.29 Å². The molecule has 0 saturated heterocycles. The van der Waals surface area contributed by atoms with Crippen molar-refractivity contribution in [1.82, 2.24) is 9.55 Å². The molecule has 1 aliphatic rings. The molecule has 0 spiro atoms. The van der Waals surface area contributed by atoms with E-state index >= 15 is 0 Å². The van der Waals surface area contributed by atoms with E-state index in [9.17, 15) is 4.79 Å². The number of rotatable bonds is 4. The van der Waals surface area contributed by atoms with E-state index in [0.717, 1.165) is 41.8 Å². The fourth-order valence-electron chi connectivity index (χ4n) is 3.02. The van der Waals surface area contributed by atoms with E-state index in [1.807, 2.05) is 34.9 Å². The molecule has 2 heterocycles. The first-order valence-corrected chi connectivity index (χ1v) is 7.66. The van der Waals surface area contributed by atoms with Crippen LogP contribution in [0.4, 0.5) is 0 Å². The first kappa shape index (κ1) is 13.8. The van der Waals surface area contributed by atoms with Crippen molar-refractivity contribution in [2.24, 2.45) is 0 Å². The number of ether oxygens (including phenoxy) is 1. The third-order valence-corrected chi connectivity index (χ3v) is 4.20. The summed E-state index contributed by atoms with van der Waals surface area (Å²) in [7, 11) is 0. The van der Waals surface area contributed by atoms with Gasteiger partial charge in [0.05, 0.1) is 11.4 Å². The Hall–Kier alpha value is -2.88. The van der Waals surface area contributed by atoms with Gasteiger partial charge in [-0.05, 0) is 42.2 Å². The van der Waals surface area contributed by atoms with Crippen LogP contribution in [-0.2, 0) is 19.4 Å². The summed E-state index contributed by atoms with van der Waals surface area (Å²) in [6.07, 6.45) is 4.27. The summed E-state index contributed by atoms with van der Waals surface area (Å²) >= 11 is 0. The maximum absolute atomic E-state index is 11.0. The predicted molar refractivity (Wildman–Crippen MR) is 87.1 cm³/mol. The third-order valence-electron chi connectivity index (χ3n) is 4.20. The van der Waals surface area contributed by atoms with Crippen molar-refractivity contribution in [3.63, 3.8) is 0 Å². The second-order valence-corrected chi connectivity index (χ2v) is 5.63. The first-order valence-electron chi connectivity index (χ1n) is 7.66. The zero-order chi connectivity index (χ0) is 15.6. The molecule has 0 aliphatic carbocycles. The molecule has 0 radical (unpaired) electrons. The van der Waals surface area contributed by atoms with Gasteiger partial charge in [0.1, 0.15) is 24.4 Å². The first-order chi connectivity index (χ1) is 11.3. The number of imidazole rings is 1. The molecule has 0 N–H and O–H groups in total. The fourth-order valence-corrected chi connectivity index (χ4v) is 3.02. The molecule has 23 heavy (non-hydrogen) atoms. The average molecular weight is 304 g/mol. The summed E-state index contributed by atoms with van der Waals surface area (Å²) in [5.41, 5.74) is 4.99. The van der Waals surface area contributed by atoms with Gasteiger partial charge < -0.3 is 9.30 Å². The molecule has 0 unspecified atom stereocenters. The highest BCUT2D eigenvalue weighted by molar-refractivity contribution is 5.74. The van der Waals surface area contributed by atoms with Crippen molar-refractivity contribution in [3.05, 3.63) is 77.4 Å². The van der Waals surface area contributed by atoms with Gasteiger partial charge in [0, 0.05) is 0 Å². The molecule has 2 aromatic carbocycles. The number of fused-ring (bicyclic) bond motifs is 3. The third kappa shape index (κ3) is 2.52. The fraction of sp³-hybridized carbons (Fsp3) is 0.158. The van der Waals surface area contributed by atoms with E-state index in [2.05, 4.69) is 23.2 Å². The lowest BCUT2D eigenvalue weighted by Crippen LogP contribution is -2.12. The smallest absolute Gasteiger partial charge is 0.170 e. The Kier molecular flexibility index (Phi) is 3.42. The largest absolute Gasteiger partial charge is 0.489 e. The van der Waals surface area contributed by atoms with Crippen LogP contribution >= 0.6 is 0 Å². The van der Waals surface area contributed by atoms with E-state index in [1.165, 1.54) is 5.56 Å². The summed E-state index contributed by atoms with van der Waals surface area (Å²) in [5.74, 6) is 0.867. The summed E-state index contributed by atoms with van der Waals surface area (Å²) in [5, 5.41) is 0. The number of hydrogen-bond acceptors (Lipinski definition) is 3. The Balaban J connectivity index is 1.59. The highest BCUT2D eigenvalue weighted by Gasteiger charge is 2.19. The monoisotopic (exact) mass is 304 g/mol. The molecule has 0 saturated carbocycles. The average Bonchev–Trinajstić information content (AvgIpc) is 3.04. The molecule has 1 aliphatic heterocycles. The Morgan fingerprint density at radius 2 is 2.00 bits per heavy atom. The number of benzene rings is 2. The molecule has 4 heteroatoms. The lowest BCUT2D eigenvalue weighted by Gasteiger charge is -2.20. The van der Waals surface area contributed by atoms with Gasteiger partial charge in [-0.25, -0.2) is 4.98 Å². The number of carbonyl (C=O) groups excluding carboxylic acids is 1. The molecular formula is C19H16N2O2. The van der Waals surface area contributed by atoms with Crippen LogP contribution in [0.15, 0.2) is 54.9 Å². The molecule has 4 rings (SSSR count). The number of carbonyl (C=O) groups is 1. The van der Waals surface area contributed by atoms with Crippen LogP contribution in [0.2, 0.25) is 0 Å². The molecule has 114 valence electrons. The minimum Gasteiger partial charge on any atom is -0.489 e. The molecule has 3 aromatic rings. The second kappa shape index (κ2) is 5.72. The van der Waals surface area contributed by atoms with Gasteiger partial charge >= 0.3 is 0 Å². The summed E-state index contributed by atoms with van der Waals surface area (Å²) < 4.78 is 7.89. The van der Waals surface area contributed by atoms with Crippen molar-refractivity contribution in [2.45, 2.75) is 19.4 Å². The molecule has 0 bridgehead atoms. The maximum Gasteiger partial charge on any atom is 0.170 e. The summed E-state index contributed by atoms with van der Waals surface area (Å²) in [6.45, 7) is 0.561. The van der Waals surface area contributed by atoms with Crippen molar-refractivity contribution in [2.75, 3.05) is 0 Å². The van der Waals surface area contributed by atoms with Gasteiger partial charge in [-0.15, -0.1) is 0 Å².